The fourth-order valence-electron chi connectivity index (χ4n) is 2.28. The topological polar surface area (TPSA) is 78.9 Å². The molecule has 0 spiro atoms. The molecule has 0 aromatic rings. The molecule has 0 aromatic carbocycles. The SMILES string of the molecule is CC(CN(C)C(=O)NCCCOC1CCCC1)C(=O)O. The standard InChI is InChI=1S/C14H26N2O4/c1-11(13(17)18)10-16(2)14(19)15-8-5-9-20-12-6-3-4-7-12/h11-12H,3-10H2,1-2H3,(H,15,19)(H,17,18). The van der Waals surface area contributed by atoms with Crippen LogP contribution in [0.2, 0.25) is 0 Å². The van der Waals surface area contributed by atoms with Crippen molar-refractivity contribution in [3.63, 3.8) is 0 Å². The predicted octanol–water partition coefficient (Wildman–Crippen LogP) is 1.70. The highest BCUT2D eigenvalue weighted by Gasteiger charge is 2.17. The van der Waals surface area contributed by atoms with Gasteiger partial charge in [-0.2, -0.15) is 0 Å². The van der Waals surface area contributed by atoms with Gasteiger partial charge in [-0.05, 0) is 19.3 Å². The van der Waals surface area contributed by atoms with Crippen molar-refractivity contribution in [3.8, 4) is 0 Å². The predicted molar refractivity (Wildman–Crippen MR) is 75.7 cm³/mol. The van der Waals surface area contributed by atoms with E-state index in [0.717, 1.165) is 19.3 Å². The van der Waals surface area contributed by atoms with Gasteiger partial charge in [-0.3, -0.25) is 4.79 Å². The second-order valence-electron chi connectivity index (χ2n) is 5.48. The Morgan fingerprint density at radius 2 is 2.05 bits per heavy atom. The summed E-state index contributed by atoms with van der Waals surface area (Å²) in [5, 5.41) is 11.6. The van der Waals surface area contributed by atoms with Gasteiger partial charge < -0.3 is 20.1 Å². The third-order valence-corrected chi connectivity index (χ3v) is 3.57. The zero-order valence-corrected chi connectivity index (χ0v) is 12.4. The first kappa shape index (κ1) is 16.8. The number of nitrogens with zero attached hydrogens (tertiary/aromatic N) is 1. The summed E-state index contributed by atoms with van der Waals surface area (Å²) in [6.45, 7) is 3.01. The molecule has 1 saturated carbocycles. The second-order valence-corrected chi connectivity index (χ2v) is 5.48. The summed E-state index contributed by atoms with van der Waals surface area (Å²) in [5.41, 5.74) is 0. The molecule has 0 saturated heterocycles. The molecule has 1 atom stereocenters. The van der Waals surface area contributed by atoms with Gasteiger partial charge in [0, 0.05) is 26.7 Å². The molecule has 1 rings (SSSR count). The molecule has 0 bridgehead atoms. The average molecular weight is 286 g/mol. The van der Waals surface area contributed by atoms with E-state index >= 15 is 0 Å². The van der Waals surface area contributed by atoms with Crippen LogP contribution >= 0.6 is 0 Å². The summed E-state index contributed by atoms with van der Waals surface area (Å²) in [6, 6.07) is -0.237. The van der Waals surface area contributed by atoms with Crippen LogP contribution < -0.4 is 5.32 Å². The van der Waals surface area contributed by atoms with Crippen LogP contribution in [0, 0.1) is 5.92 Å². The normalized spacial score (nSPS) is 16.9. The quantitative estimate of drug-likeness (QED) is 0.666. The number of nitrogens with one attached hydrogen (secondary N) is 1. The molecule has 1 fully saturated rings. The summed E-state index contributed by atoms with van der Waals surface area (Å²) in [6.07, 6.45) is 6.02. The van der Waals surface area contributed by atoms with Crippen molar-refractivity contribution in [2.75, 3.05) is 26.7 Å². The van der Waals surface area contributed by atoms with Crippen LogP contribution in [0.15, 0.2) is 0 Å². The summed E-state index contributed by atoms with van der Waals surface area (Å²) in [4.78, 5) is 23.8. The van der Waals surface area contributed by atoms with E-state index in [4.69, 9.17) is 9.84 Å². The first-order valence-electron chi connectivity index (χ1n) is 7.34. The van der Waals surface area contributed by atoms with Crippen molar-refractivity contribution < 1.29 is 19.4 Å². The lowest BCUT2D eigenvalue weighted by atomic mass is 10.2. The van der Waals surface area contributed by atoms with E-state index in [0.29, 0.717) is 19.3 Å². The molecule has 1 aliphatic carbocycles. The van der Waals surface area contributed by atoms with Gasteiger partial charge in [-0.1, -0.05) is 19.8 Å². The third-order valence-electron chi connectivity index (χ3n) is 3.57. The summed E-state index contributed by atoms with van der Waals surface area (Å²) in [7, 11) is 1.60. The first-order valence-corrected chi connectivity index (χ1v) is 7.34. The van der Waals surface area contributed by atoms with Crippen LogP contribution in [0.5, 0.6) is 0 Å². The van der Waals surface area contributed by atoms with E-state index in [9.17, 15) is 9.59 Å². The molecule has 0 heterocycles. The minimum atomic E-state index is -0.894. The Morgan fingerprint density at radius 1 is 1.40 bits per heavy atom. The maximum Gasteiger partial charge on any atom is 0.317 e. The number of carboxylic acids is 1. The fourth-order valence-corrected chi connectivity index (χ4v) is 2.28. The Kier molecular flexibility index (Phi) is 7.36. The Balaban J connectivity index is 2.05. The Hall–Kier alpha value is -1.30. The summed E-state index contributed by atoms with van der Waals surface area (Å²) in [5.74, 6) is -1.45. The molecular formula is C14H26N2O4. The minimum Gasteiger partial charge on any atom is -0.481 e. The van der Waals surface area contributed by atoms with Gasteiger partial charge in [-0.15, -0.1) is 0 Å². The van der Waals surface area contributed by atoms with Crippen molar-refractivity contribution in [1.29, 1.82) is 0 Å². The van der Waals surface area contributed by atoms with Crippen molar-refractivity contribution in [1.82, 2.24) is 10.2 Å². The molecule has 0 radical (unpaired) electrons. The van der Waals surface area contributed by atoms with Gasteiger partial charge in [0.15, 0.2) is 0 Å². The minimum absolute atomic E-state index is 0.208. The van der Waals surface area contributed by atoms with E-state index in [1.54, 1.807) is 14.0 Å². The number of carboxylic acid groups (broad SMARTS) is 1. The van der Waals surface area contributed by atoms with Gasteiger partial charge >= 0.3 is 12.0 Å². The molecule has 6 nitrogen and oxygen atoms in total. The molecule has 1 aliphatic rings. The van der Waals surface area contributed by atoms with Crippen molar-refractivity contribution in [2.24, 2.45) is 5.92 Å². The van der Waals surface area contributed by atoms with Crippen LogP contribution in [-0.4, -0.2) is 54.9 Å². The fraction of sp³-hybridized carbons (Fsp3) is 0.857. The number of hydrogen-bond donors (Lipinski definition) is 2. The van der Waals surface area contributed by atoms with E-state index in [2.05, 4.69) is 5.32 Å². The van der Waals surface area contributed by atoms with E-state index < -0.39 is 11.9 Å². The highest BCUT2D eigenvalue weighted by Crippen LogP contribution is 2.20. The van der Waals surface area contributed by atoms with Gasteiger partial charge in [0.25, 0.3) is 0 Å². The molecule has 6 heteroatoms. The highest BCUT2D eigenvalue weighted by atomic mass is 16.5. The lowest BCUT2D eigenvalue weighted by Crippen LogP contribution is -2.41. The number of hydrogen-bond acceptors (Lipinski definition) is 3. The van der Waals surface area contributed by atoms with E-state index in [1.165, 1.54) is 17.7 Å². The monoisotopic (exact) mass is 286 g/mol. The molecule has 2 amide bonds. The van der Waals surface area contributed by atoms with Crippen molar-refractivity contribution >= 4 is 12.0 Å². The zero-order chi connectivity index (χ0) is 15.0. The Bertz CT molecular complexity index is 316. The highest BCUT2D eigenvalue weighted by molar-refractivity contribution is 5.75. The lowest BCUT2D eigenvalue weighted by molar-refractivity contribution is -0.141. The van der Waals surface area contributed by atoms with Gasteiger partial charge in [0.2, 0.25) is 0 Å². The number of carbonyl (C=O) groups excluding carboxylic acids is 1. The average Bonchev–Trinajstić information content (AvgIpc) is 2.90. The number of ether oxygens (including phenoxy) is 1. The third kappa shape index (κ3) is 6.23. The molecule has 0 aliphatic heterocycles. The number of carbonyl (C=O) groups is 2. The number of urea groups is 1. The van der Waals surface area contributed by atoms with Crippen LogP contribution in [0.3, 0.4) is 0 Å². The molecule has 2 N–H and O–H groups in total. The molecule has 116 valence electrons. The maximum absolute atomic E-state index is 11.7. The van der Waals surface area contributed by atoms with Crippen LogP contribution in [0.4, 0.5) is 4.79 Å². The van der Waals surface area contributed by atoms with Crippen molar-refractivity contribution in [3.05, 3.63) is 0 Å². The number of aliphatic carboxylic acids is 1. The first-order chi connectivity index (χ1) is 9.50. The molecule has 20 heavy (non-hydrogen) atoms. The van der Waals surface area contributed by atoms with E-state index in [1.807, 2.05) is 0 Å². The summed E-state index contributed by atoms with van der Waals surface area (Å²) < 4.78 is 5.70. The lowest BCUT2D eigenvalue weighted by Gasteiger charge is -2.20. The smallest absolute Gasteiger partial charge is 0.317 e. The Labute approximate surface area is 120 Å². The van der Waals surface area contributed by atoms with Gasteiger partial charge in [0.1, 0.15) is 0 Å². The van der Waals surface area contributed by atoms with Gasteiger partial charge in [-0.25, -0.2) is 4.79 Å². The van der Waals surface area contributed by atoms with Gasteiger partial charge in [0.05, 0.1) is 12.0 Å². The van der Waals surface area contributed by atoms with Crippen molar-refractivity contribution in [2.45, 2.75) is 45.1 Å². The van der Waals surface area contributed by atoms with E-state index in [-0.39, 0.29) is 12.6 Å². The molecular weight excluding hydrogens is 260 g/mol. The largest absolute Gasteiger partial charge is 0.481 e. The number of rotatable bonds is 8. The molecule has 1 unspecified atom stereocenters. The maximum atomic E-state index is 11.7. The zero-order valence-electron chi connectivity index (χ0n) is 12.4. The number of amides is 2. The van der Waals surface area contributed by atoms with Crippen LogP contribution in [0.1, 0.15) is 39.0 Å². The Morgan fingerprint density at radius 3 is 2.65 bits per heavy atom. The summed E-state index contributed by atoms with van der Waals surface area (Å²) >= 11 is 0. The molecule has 0 aromatic heterocycles. The second kappa shape index (κ2) is 8.79. The van der Waals surface area contributed by atoms with Crippen LogP contribution in [-0.2, 0) is 9.53 Å². The van der Waals surface area contributed by atoms with Crippen LogP contribution in [0.25, 0.3) is 0 Å².